The largest absolute Gasteiger partial charge is 0.379 e. The van der Waals surface area contributed by atoms with Gasteiger partial charge in [0.15, 0.2) is 0 Å². The van der Waals surface area contributed by atoms with Gasteiger partial charge < -0.3 is 4.74 Å². The lowest BCUT2D eigenvalue weighted by Crippen LogP contribution is -2.43. The van der Waals surface area contributed by atoms with E-state index in [1.807, 2.05) is 22.6 Å². The summed E-state index contributed by atoms with van der Waals surface area (Å²) in [5, 5.41) is 0.578. The fraction of sp³-hybridized carbons (Fsp3) is 0.400. The second-order valence-corrected chi connectivity index (χ2v) is 7.01. The molecule has 8 heteroatoms. The van der Waals surface area contributed by atoms with Crippen molar-refractivity contribution < 1.29 is 13.2 Å². The topological polar surface area (TPSA) is 58.6 Å². The Morgan fingerprint density at radius 2 is 2.00 bits per heavy atom. The Morgan fingerprint density at radius 3 is 2.61 bits per heavy atom. The smallest absolute Gasteiger partial charge is 0.301 e. The minimum atomic E-state index is -3.52. The van der Waals surface area contributed by atoms with Crippen molar-refractivity contribution in [1.82, 2.24) is 4.31 Å². The summed E-state index contributed by atoms with van der Waals surface area (Å²) >= 11 is 7.87. The summed E-state index contributed by atoms with van der Waals surface area (Å²) in [4.78, 5) is 0. The number of benzene rings is 1. The van der Waals surface area contributed by atoms with Gasteiger partial charge in [-0.25, -0.2) is 0 Å². The second kappa shape index (κ2) is 5.91. The Balaban J connectivity index is 2.16. The zero-order chi connectivity index (χ0) is 13.2. The molecule has 2 rings (SSSR count). The molecule has 1 saturated heterocycles. The third kappa shape index (κ3) is 3.47. The van der Waals surface area contributed by atoms with Gasteiger partial charge >= 0.3 is 10.2 Å². The number of nitrogens with zero attached hydrogens (tertiary/aromatic N) is 1. The predicted molar refractivity (Wildman–Crippen MR) is 79.1 cm³/mol. The van der Waals surface area contributed by atoms with Crippen molar-refractivity contribution >= 4 is 50.1 Å². The minimum Gasteiger partial charge on any atom is -0.379 e. The van der Waals surface area contributed by atoms with Gasteiger partial charge in [0.05, 0.1) is 18.9 Å². The quantitative estimate of drug-likeness (QED) is 0.786. The lowest BCUT2D eigenvalue weighted by molar-refractivity contribution is 0.0733. The van der Waals surface area contributed by atoms with Crippen molar-refractivity contribution in [1.29, 1.82) is 0 Å². The molecule has 0 bridgehead atoms. The van der Waals surface area contributed by atoms with Crippen LogP contribution in [-0.2, 0) is 14.9 Å². The van der Waals surface area contributed by atoms with E-state index in [4.69, 9.17) is 16.3 Å². The lowest BCUT2D eigenvalue weighted by atomic mass is 10.3. The van der Waals surface area contributed by atoms with Crippen LogP contribution in [0.4, 0.5) is 5.69 Å². The van der Waals surface area contributed by atoms with E-state index in [1.165, 1.54) is 4.31 Å². The molecule has 5 nitrogen and oxygen atoms in total. The monoisotopic (exact) mass is 402 g/mol. The van der Waals surface area contributed by atoms with Gasteiger partial charge in [-0.1, -0.05) is 11.6 Å². The number of rotatable bonds is 3. The molecule has 0 radical (unpaired) electrons. The Labute approximate surface area is 125 Å². The SMILES string of the molecule is O=S(=O)(Nc1ccc(Cl)cc1I)N1CCOCC1. The molecule has 0 spiro atoms. The molecule has 1 heterocycles. The van der Waals surface area contributed by atoms with Gasteiger partial charge in [0.25, 0.3) is 0 Å². The molecule has 0 atom stereocenters. The molecule has 0 aliphatic carbocycles. The van der Waals surface area contributed by atoms with Crippen molar-refractivity contribution in [3.8, 4) is 0 Å². The van der Waals surface area contributed by atoms with Crippen molar-refractivity contribution in [3.05, 3.63) is 26.8 Å². The first-order chi connectivity index (χ1) is 8.49. The maximum Gasteiger partial charge on any atom is 0.301 e. The first kappa shape index (κ1) is 14.3. The third-order valence-corrected chi connectivity index (χ3v) is 5.13. The lowest BCUT2D eigenvalue weighted by Gasteiger charge is -2.26. The van der Waals surface area contributed by atoms with E-state index < -0.39 is 10.2 Å². The number of hydrogen-bond acceptors (Lipinski definition) is 3. The molecule has 100 valence electrons. The Hall–Kier alpha value is -0.0900. The van der Waals surface area contributed by atoms with Crippen LogP contribution in [0, 0.1) is 3.57 Å². The first-order valence-corrected chi connectivity index (χ1v) is 8.19. The van der Waals surface area contributed by atoms with E-state index in [1.54, 1.807) is 18.2 Å². The summed E-state index contributed by atoms with van der Waals surface area (Å²) < 4.78 is 34.1. The second-order valence-electron chi connectivity index (χ2n) is 3.74. The van der Waals surface area contributed by atoms with Gasteiger partial charge in [-0.15, -0.1) is 0 Å². The molecule has 0 amide bonds. The molecule has 0 saturated carbocycles. The van der Waals surface area contributed by atoms with Crippen molar-refractivity contribution in [2.24, 2.45) is 0 Å². The van der Waals surface area contributed by atoms with E-state index in [9.17, 15) is 8.42 Å². The fourth-order valence-corrected chi connectivity index (χ4v) is 3.97. The minimum absolute atomic E-state index is 0.375. The number of nitrogens with one attached hydrogen (secondary N) is 1. The first-order valence-electron chi connectivity index (χ1n) is 5.30. The number of hydrogen-bond donors (Lipinski definition) is 1. The summed E-state index contributed by atoms with van der Waals surface area (Å²) in [6.45, 7) is 1.61. The highest BCUT2D eigenvalue weighted by Gasteiger charge is 2.24. The third-order valence-electron chi connectivity index (χ3n) is 2.48. The van der Waals surface area contributed by atoms with Crippen molar-refractivity contribution in [2.45, 2.75) is 0 Å². The van der Waals surface area contributed by atoms with E-state index in [0.29, 0.717) is 37.0 Å². The van der Waals surface area contributed by atoms with Gasteiger partial charge in [0, 0.05) is 21.7 Å². The van der Waals surface area contributed by atoms with Gasteiger partial charge in [-0.05, 0) is 40.8 Å². The maximum absolute atomic E-state index is 12.1. The standard InChI is InChI=1S/C10H12ClIN2O3S/c11-8-1-2-10(9(12)7-8)13-18(15,16)14-3-5-17-6-4-14/h1-2,7,13H,3-6H2. The number of anilines is 1. The normalized spacial score (nSPS) is 17.7. The molecule has 1 fully saturated rings. The summed E-state index contributed by atoms with van der Waals surface area (Å²) in [6, 6.07) is 5.02. The zero-order valence-electron chi connectivity index (χ0n) is 9.40. The Kier molecular flexibility index (Phi) is 4.70. The maximum atomic E-state index is 12.1. The average molecular weight is 403 g/mol. The molecule has 1 aromatic carbocycles. The predicted octanol–water partition coefficient (Wildman–Crippen LogP) is 1.93. The van der Waals surface area contributed by atoms with Gasteiger partial charge in [-0.2, -0.15) is 12.7 Å². The molecule has 1 N–H and O–H groups in total. The van der Waals surface area contributed by atoms with Crippen LogP contribution < -0.4 is 4.72 Å². The summed E-state index contributed by atoms with van der Waals surface area (Å²) in [5.74, 6) is 0. The average Bonchev–Trinajstić information content (AvgIpc) is 2.34. The Bertz CT molecular complexity index is 532. The highest BCUT2D eigenvalue weighted by molar-refractivity contribution is 14.1. The van der Waals surface area contributed by atoms with Crippen LogP contribution in [0.1, 0.15) is 0 Å². The van der Waals surface area contributed by atoms with Gasteiger partial charge in [-0.3, -0.25) is 4.72 Å². The molecule has 1 aromatic rings. The van der Waals surface area contributed by atoms with Crippen LogP contribution in [0.15, 0.2) is 18.2 Å². The van der Waals surface area contributed by atoms with E-state index in [2.05, 4.69) is 4.72 Å². The molecular formula is C10H12ClIN2O3S. The number of halogens is 2. The zero-order valence-corrected chi connectivity index (χ0v) is 13.1. The molecule has 18 heavy (non-hydrogen) atoms. The molecular weight excluding hydrogens is 391 g/mol. The molecule has 0 unspecified atom stereocenters. The van der Waals surface area contributed by atoms with Crippen LogP contribution in [-0.4, -0.2) is 39.0 Å². The number of ether oxygens (including phenoxy) is 1. The van der Waals surface area contributed by atoms with E-state index >= 15 is 0 Å². The van der Waals surface area contributed by atoms with Crippen molar-refractivity contribution in [3.63, 3.8) is 0 Å². The molecule has 0 aromatic heterocycles. The fourth-order valence-electron chi connectivity index (χ4n) is 1.56. The summed E-state index contributed by atoms with van der Waals surface area (Å²) in [6.07, 6.45) is 0. The number of morpholine rings is 1. The highest BCUT2D eigenvalue weighted by atomic mass is 127. The highest BCUT2D eigenvalue weighted by Crippen LogP contribution is 2.24. The molecule has 1 aliphatic rings. The van der Waals surface area contributed by atoms with E-state index in [0.717, 1.165) is 3.57 Å². The summed E-state index contributed by atoms with van der Waals surface area (Å²) in [5.41, 5.74) is 0.534. The molecule has 1 aliphatic heterocycles. The van der Waals surface area contributed by atoms with Crippen LogP contribution in [0.3, 0.4) is 0 Å². The van der Waals surface area contributed by atoms with Gasteiger partial charge in [0.1, 0.15) is 0 Å². The van der Waals surface area contributed by atoms with E-state index in [-0.39, 0.29) is 0 Å². The van der Waals surface area contributed by atoms with Crippen LogP contribution in [0.5, 0.6) is 0 Å². The van der Waals surface area contributed by atoms with Crippen LogP contribution in [0.25, 0.3) is 0 Å². The van der Waals surface area contributed by atoms with Gasteiger partial charge in [0.2, 0.25) is 0 Å². The van der Waals surface area contributed by atoms with Crippen LogP contribution >= 0.6 is 34.2 Å². The van der Waals surface area contributed by atoms with Crippen LogP contribution in [0.2, 0.25) is 5.02 Å². The van der Waals surface area contributed by atoms with Crippen molar-refractivity contribution in [2.75, 3.05) is 31.0 Å². The Morgan fingerprint density at radius 1 is 1.33 bits per heavy atom. The summed E-state index contributed by atoms with van der Waals surface area (Å²) in [7, 11) is -3.52.